The maximum Gasteiger partial charge on any atom is 0.275 e. The van der Waals surface area contributed by atoms with Gasteiger partial charge in [0.1, 0.15) is 11.4 Å². The number of aryl methyl sites for hydroxylation is 2. The number of nitrogens with zero attached hydrogens (tertiary/aromatic N) is 3. The maximum absolute atomic E-state index is 12.6. The van der Waals surface area contributed by atoms with Crippen LogP contribution in [0.5, 0.6) is 5.75 Å². The highest BCUT2D eigenvalue weighted by molar-refractivity contribution is 6.03. The van der Waals surface area contributed by atoms with E-state index in [1.165, 1.54) is 11.8 Å². The normalized spacial score (nSPS) is 13.0. The fourth-order valence-electron chi connectivity index (χ4n) is 3.46. The van der Waals surface area contributed by atoms with Gasteiger partial charge < -0.3 is 15.0 Å². The molecule has 0 aliphatic carbocycles. The van der Waals surface area contributed by atoms with E-state index in [2.05, 4.69) is 38.4 Å². The van der Waals surface area contributed by atoms with E-state index in [4.69, 9.17) is 4.74 Å². The third-order valence-electron chi connectivity index (χ3n) is 4.86. The minimum absolute atomic E-state index is 0.262. The summed E-state index contributed by atoms with van der Waals surface area (Å²) in [6.07, 6.45) is 5.31. The van der Waals surface area contributed by atoms with Crippen LogP contribution in [0.1, 0.15) is 28.0 Å². The van der Waals surface area contributed by atoms with Gasteiger partial charge in [-0.05, 0) is 49.1 Å². The lowest BCUT2D eigenvalue weighted by Crippen LogP contribution is -2.25. The molecule has 2 aromatic carbocycles. The second-order valence-electron chi connectivity index (χ2n) is 6.80. The highest BCUT2D eigenvalue weighted by Gasteiger charge is 2.19. The van der Waals surface area contributed by atoms with Crippen LogP contribution in [0.2, 0.25) is 0 Å². The van der Waals surface area contributed by atoms with Crippen molar-refractivity contribution in [3.05, 3.63) is 71.7 Å². The van der Waals surface area contributed by atoms with Crippen LogP contribution in [0.25, 0.3) is 0 Å². The summed E-state index contributed by atoms with van der Waals surface area (Å²) < 4.78 is 5.31. The Bertz CT molecular complexity index is 1000. The lowest BCUT2D eigenvalue weighted by molar-refractivity contribution is 0.102. The van der Waals surface area contributed by atoms with Crippen LogP contribution in [0, 0.1) is 6.92 Å². The number of ether oxygens (including phenoxy) is 1. The fourth-order valence-corrected chi connectivity index (χ4v) is 3.46. The van der Waals surface area contributed by atoms with Crippen LogP contribution in [0.15, 0.2) is 54.9 Å². The molecule has 2 heterocycles. The van der Waals surface area contributed by atoms with E-state index in [0.717, 1.165) is 36.5 Å². The van der Waals surface area contributed by atoms with Crippen molar-refractivity contribution in [1.82, 2.24) is 9.97 Å². The molecule has 6 nitrogen and oxygen atoms in total. The van der Waals surface area contributed by atoms with Crippen molar-refractivity contribution in [3.8, 4) is 5.75 Å². The zero-order valence-corrected chi connectivity index (χ0v) is 16.0. The van der Waals surface area contributed by atoms with Gasteiger partial charge in [0.25, 0.3) is 5.91 Å². The van der Waals surface area contributed by atoms with Crippen molar-refractivity contribution in [2.75, 3.05) is 23.9 Å². The number of fused-ring (bicyclic) bond motifs is 1. The topological polar surface area (TPSA) is 67.3 Å². The largest absolute Gasteiger partial charge is 0.495 e. The monoisotopic (exact) mass is 374 g/mol. The number of anilines is 3. The average molecular weight is 374 g/mol. The molecule has 0 saturated carbocycles. The smallest absolute Gasteiger partial charge is 0.275 e. The second kappa shape index (κ2) is 7.68. The fraction of sp³-hybridized carbons (Fsp3) is 0.227. The van der Waals surface area contributed by atoms with E-state index in [0.29, 0.717) is 11.4 Å². The van der Waals surface area contributed by atoms with Crippen molar-refractivity contribution in [2.24, 2.45) is 0 Å². The molecule has 1 aliphatic rings. The van der Waals surface area contributed by atoms with Crippen LogP contribution in [-0.2, 0) is 6.42 Å². The predicted octanol–water partition coefficient (Wildman–Crippen LogP) is 4.13. The van der Waals surface area contributed by atoms with Gasteiger partial charge in [0.15, 0.2) is 5.82 Å². The quantitative estimate of drug-likeness (QED) is 0.744. The number of carbonyl (C=O) groups excluding carboxylic acids is 1. The molecule has 0 radical (unpaired) electrons. The Morgan fingerprint density at radius 1 is 1.14 bits per heavy atom. The minimum Gasteiger partial charge on any atom is -0.495 e. The lowest BCUT2D eigenvalue weighted by atomic mass is 10.0. The van der Waals surface area contributed by atoms with Crippen LogP contribution in [0.3, 0.4) is 0 Å². The molecule has 1 N–H and O–H groups in total. The molecule has 1 aromatic heterocycles. The number of rotatable bonds is 4. The molecule has 0 fully saturated rings. The summed E-state index contributed by atoms with van der Waals surface area (Å²) in [5.41, 5.74) is 4.37. The lowest BCUT2D eigenvalue weighted by Gasteiger charge is -2.30. The third kappa shape index (κ3) is 3.53. The van der Waals surface area contributed by atoms with Crippen LogP contribution < -0.4 is 15.0 Å². The zero-order chi connectivity index (χ0) is 19.5. The number of benzene rings is 2. The number of hydrogen-bond acceptors (Lipinski definition) is 5. The van der Waals surface area contributed by atoms with E-state index in [1.807, 2.05) is 31.2 Å². The molecule has 0 atom stereocenters. The maximum atomic E-state index is 12.6. The number of nitrogens with one attached hydrogen (secondary N) is 1. The SMILES string of the molecule is COc1ccc(C)cc1NC(=O)c1cnc(N2CCCc3ccccc32)cn1. The molecule has 4 rings (SSSR count). The summed E-state index contributed by atoms with van der Waals surface area (Å²) >= 11 is 0. The van der Waals surface area contributed by atoms with Crippen molar-refractivity contribution in [1.29, 1.82) is 0 Å². The van der Waals surface area contributed by atoms with Crippen LogP contribution >= 0.6 is 0 Å². The summed E-state index contributed by atoms with van der Waals surface area (Å²) in [5, 5.41) is 2.85. The van der Waals surface area contributed by atoms with Crippen LogP contribution in [-0.4, -0.2) is 29.5 Å². The molecule has 1 amide bonds. The molecular formula is C22H22N4O2. The Labute approximate surface area is 164 Å². The van der Waals surface area contributed by atoms with Gasteiger partial charge in [-0.2, -0.15) is 0 Å². The molecular weight excluding hydrogens is 352 g/mol. The van der Waals surface area contributed by atoms with Crippen molar-refractivity contribution in [2.45, 2.75) is 19.8 Å². The molecule has 28 heavy (non-hydrogen) atoms. The first kappa shape index (κ1) is 18.0. The highest BCUT2D eigenvalue weighted by atomic mass is 16.5. The Hall–Kier alpha value is -3.41. The molecule has 1 aliphatic heterocycles. The molecule has 142 valence electrons. The first-order chi connectivity index (χ1) is 13.7. The van der Waals surface area contributed by atoms with Gasteiger partial charge in [-0.1, -0.05) is 24.3 Å². The average Bonchev–Trinajstić information content (AvgIpc) is 2.73. The summed E-state index contributed by atoms with van der Waals surface area (Å²) in [7, 11) is 1.57. The van der Waals surface area contributed by atoms with Crippen LogP contribution in [0.4, 0.5) is 17.2 Å². The molecule has 0 unspecified atom stereocenters. The van der Waals surface area contributed by atoms with E-state index < -0.39 is 0 Å². The van der Waals surface area contributed by atoms with Gasteiger partial charge in [0.05, 0.1) is 25.2 Å². The summed E-state index contributed by atoms with van der Waals surface area (Å²) in [5.74, 6) is 1.03. The van der Waals surface area contributed by atoms with Crippen molar-refractivity contribution >= 4 is 23.1 Å². The van der Waals surface area contributed by atoms with Gasteiger partial charge in [-0.15, -0.1) is 0 Å². The van der Waals surface area contributed by atoms with Crippen molar-refractivity contribution in [3.63, 3.8) is 0 Å². The molecule has 0 bridgehead atoms. The van der Waals surface area contributed by atoms with Gasteiger partial charge in [-0.3, -0.25) is 4.79 Å². The number of methoxy groups -OCH3 is 1. The molecule has 3 aromatic rings. The predicted molar refractivity (Wildman–Crippen MR) is 109 cm³/mol. The van der Waals surface area contributed by atoms with E-state index >= 15 is 0 Å². The summed E-state index contributed by atoms with van der Waals surface area (Å²) in [6, 6.07) is 14.0. The first-order valence-electron chi connectivity index (χ1n) is 9.29. The Balaban J connectivity index is 1.54. The van der Waals surface area contributed by atoms with Gasteiger partial charge in [0.2, 0.25) is 0 Å². The zero-order valence-electron chi connectivity index (χ0n) is 16.0. The standard InChI is InChI=1S/C22H22N4O2/c1-15-9-10-20(28-2)17(12-15)25-22(27)18-13-24-21(14-23-18)26-11-5-7-16-6-3-4-8-19(16)26/h3-4,6,8-10,12-14H,5,7,11H2,1-2H3,(H,25,27). The first-order valence-corrected chi connectivity index (χ1v) is 9.29. The Morgan fingerprint density at radius 2 is 2.00 bits per heavy atom. The third-order valence-corrected chi connectivity index (χ3v) is 4.86. The number of amides is 1. The summed E-state index contributed by atoms with van der Waals surface area (Å²) in [4.78, 5) is 23.6. The van der Waals surface area contributed by atoms with Gasteiger partial charge in [-0.25, -0.2) is 9.97 Å². The molecule has 0 saturated heterocycles. The van der Waals surface area contributed by atoms with E-state index in [9.17, 15) is 4.79 Å². The molecule has 0 spiro atoms. The number of para-hydroxylation sites is 1. The summed E-state index contributed by atoms with van der Waals surface area (Å²) in [6.45, 7) is 2.85. The highest BCUT2D eigenvalue weighted by Crippen LogP contribution is 2.32. The number of hydrogen-bond donors (Lipinski definition) is 1. The number of carbonyl (C=O) groups is 1. The Morgan fingerprint density at radius 3 is 2.79 bits per heavy atom. The molecule has 6 heteroatoms. The van der Waals surface area contributed by atoms with Crippen molar-refractivity contribution < 1.29 is 9.53 Å². The minimum atomic E-state index is -0.318. The van der Waals surface area contributed by atoms with E-state index in [-0.39, 0.29) is 11.6 Å². The van der Waals surface area contributed by atoms with Gasteiger partial charge >= 0.3 is 0 Å². The van der Waals surface area contributed by atoms with Gasteiger partial charge in [0, 0.05) is 12.2 Å². The second-order valence-corrected chi connectivity index (χ2v) is 6.80. The Kier molecular flexibility index (Phi) is 4.93. The van der Waals surface area contributed by atoms with E-state index in [1.54, 1.807) is 13.3 Å². The number of aromatic nitrogens is 2.